The molecule has 2 heterocycles. The van der Waals surface area contributed by atoms with Crippen molar-refractivity contribution in [3.63, 3.8) is 0 Å². The smallest absolute Gasteiger partial charge is 0.274 e. The molecule has 0 aliphatic heterocycles. The maximum absolute atomic E-state index is 13.1. The number of likely N-dealkylation sites (N-methyl/N-ethyl adjacent to an activating group) is 1. The molecule has 3 aromatic rings. The highest BCUT2D eigenvalue weighted by Gasteiger charge is 2.23. The van der Waals surface area contributed by atoms with E-state index >= 15 is 0 Å². The maximum atomic E-state index is 13.1. The van der Waals surface area contributed by atoms with E-state index in [1.165, 1.54) is 0 Å². The number of amides is 1. The van der Waals surface area contributed by atoms with Crippen molar-refractivity contribution in [1.82, 2.24) is 19.2 Å². The lowest BCUT2D eigenvalue weighted by molar-refractivity contribution is 0.0777. The van der Waals surface area contributed by atoms with Crippen molar-refractivity contribution < 1.29 is 9.90 Å². The first-order chi connectivity index (χ1) is 13.0. The van der Waals surface area contributed by atoms with Gasteiger partial charge in [0.2, 0.25) is 0 Å². The van der Waals surface area contributed by atoms with E-state index < -0.39 is 6.10 Å². The summed E-state index contributed by atoms with van der Waals surface area (Å²) in [5.74, 6) is -0.108. The third-order valence-electron chi connectivity index (χ3n) is 4.44. The molecule has 3 rings (SSSR count). The number of imidazole rings is 1. The molecule has 0 aliphatic rings. The number of aliphatic hydroxyl groups is 1. The molecule has 0 spiro atoms. The Morgan fingerprint density at radius 3 is 2.52 bits per heavy atom. The summed E-state index contributed by atoms with van der Waals surface area (Å²) in [6.45, 7) is 3.32. The fraction of sp³-hybridized carbons (Fsp3) is 0.333. The summed E-state index contributed by atoms with van der Waals surface area (Å²) in [7, 11) is 3.72. The molecule has 6 nitrogen and oxygen atoms in total. The van der Waals surface area contributed by atoms with Crippen LogP contribution in [0.3, 0.4) is 0 Å². The molecular weight excluding hydrogens is 340 g/mol. The summed E-state index contributed by atoms with van der Waals surface area (Å²) in [5, 5.41) is 9.66. The van der Waals surface area contributed by atoms with Gasteiger partial charge in [-0.05, 0) is 31.7 Å². The van der Waals surface area contributed by atoms with Gasteiger partial charge in [0, 0.05) is 32.9 Å². The quantitative estimate of drug-likeness (QED) is 0.698. The van der Waals surface area contributed by atoms with Crippen LogP contribution in [-0.4, -0.2) is 56.9 Å². The van der Waals surface area contributed by atoms with Crippen LogP contribution in [0.1, 0.15) is 28.7 Å². The van der Waals surface area contributed by atoms with Crippen molar-refractivity contribution in [3.05, 3.63) is 71.7 Å². The van der Waals surface area contributed by atoms with E-state index in [4.69, 9.17) is 0 Å². The fourth-order valence-corrected chi connectivity index (χ4v) is 3.25. The Balaban J connectivity index is 1.90. The van der Waals surface area contributed by atoms with Crippen LogP contribution in [0.5, 0.6) is 0 Å². The summed E-state index contributed by atoms with van der Waals surface area (Å²) in [6, 6.07) is 15.6. The van der Waals surface area contributed by atoms with E-state index in [9.17, 15) is 9.90 Å². The number of carbonyl (C=O) groups excluding carboxylic acids is 1. The van der Waals surface area contributed by atoms with E-state index in [-0.39, 0.29) is 5.91 Å². The summed E-state index contributed by atoms with van der Waals surface area (Å²) in [5.41, 5.74) is 3.11. The van der Waals surface area contributed by atoms with Gasteiger partial charge >= 0.3 is 0 Å². The van der Waals surface area contributed by atoms with Crippen molar-refractivity contribution >= 4 is 11.6 Å². The van der Waals surface area contributed by atoms with Gasteiger partial charge in [-0.15, -0.1) is 0 Å². The second-order valence-corrected chi connectivity index (χ2v) is 7.03. The van der Waals surface area contributed by atoms with Gasteiger partial charge in [-0.3, -0.25) is 9.69 Å². The van der Waals surface area contributed by atoms with Crippen LogP contribution in [0.2, 0.25) is 0 Å². The van der Waals surface area contributed by atoms with Gasteiger partial charge in [-0.2, -0.15) is 0 Å². The summed E-state index contributed by atoms with van der Waals surface area (Å²) in [4.78, 5) is 21.4. The molecule has 1 amide bonds. The third-order valence-corrected chi connectivity index (χ3v) is 4.44. The zero-order valence-electron chi connectivity index (χ0n) is 16.0. The molecule has 142 valence electrons. The molecular formula is C21H26N4O2. The average molecular weight is 366 g/mol. The fourth-order valence-electron chi connectivity index (χ4n) is 3.25. The molecule has 0 saturated heterocycles. The highest BCUT2D eigenvalue weighted by Crippen LogP contribution is 2.17. The zero-order valence-corrected chi connectivity index (χ0v) is 16.0. The molecule has 1 atom stereocenters. The highest BCUT2D eigenvalue weighted by atomic mass is 16.3. The summed E-state index contributed by atoms with van der Waals surface area (Å²) >= 11 is 0. The van der Waals surface area contributed by atoms with Crippen molar-refractivity contribution in [2.24, 2.45) is 0 Å². The van der Waals surface area contributed by atoms with Gasteiger partial charge in [0.15, 0.2) is 5.69 Å². The Morgan fingerprint density at radius 1 is 1.11 bits per heavy atom. The Labute approximate surface area is 159 Å². The van der Waals surface area contributed by atoms with Crippen molar-refractivity contribution in [2.45, 2.75) is 26.1 Å². The Morgan fingerprint density at radius 2 is 1.81 bits per heavy atom. The second-order valence-electron chi connectivity index (χ2n) is 7.03. The van der Waals surface area contributed by atoms with Crippen LogP contribution in [0.4, 0.5) is 0 Å². The lowest BCUT2D eigenvalue weighted by Crippen LogP contribution is -2.30. The van der Waals surface area contributed by atoms with E-state index in [1.807, 2.05) is 71.1 Å². The SMILES string of the molecule is C[C@@H](O)CN(C)Cc1c(C(=O)N(C)Cc2ccccc2)nc2ccccn12. The van der Waals surface area contributed by atoms with Crippen LogP contribution in [0.25, 0.3) is 5.65 Å². The number of hydrogen-bond donors (Lipinski definition) is 1. The lowest BCUT2D eigenvalue weighted by Gasteiger charge is -2.20. The van der Waals surface area contributed by atoms with E-state index in [0.717, 1.165) is 16.9 Å². The molecule has 0 bridgehead atoms. The average Bonchev–Trinajstić information content (AvgIpc) is 2.99. The number of nitrogens with zero attached hydrogens (tertiary/aromatic N) is 4. The predicted molar refractivity (Wildman–Crippen MR) is 105 cm³/mol. The van der Waals surface area contributed by atoms with Crippen molar-refractivity contribution in [3.8, 4) is 0 Å². The first-order valence-corrected chi connectivity index (χ1v) is 9.07. The Bertz CT molecular complexity index is 905. The third kappa shape index (κ3) is 4.53. The summed E-state index contributed by atoms with van der Waals surface area (Å²) < 4.78 is 1.95. The van der Waals surface area contributed by atoms with Gasteiger partial charge in [0.1, 0.15) is 5.65 Å². The minimum atomic E-state index is -0.436. The first-order valence-electron chi connectivity index (χ1n) is 9.07. The van der Waals surface area contributed by atoms with E-state index in [1.54, 1.807) is 18.9 Å². The largest absolute Gasteiger partial charge is 0.392 e. The maximum Gasteiger partial charge on any atom is 0.274 e. The van der Waals surface area contributed by atoms with Gasteiger partial charge in [0.05, 0.1) is 11.8 Å². The van der Waals surface area contributed by atoms with Crippen LogP contribution in [0.15, 0.2) is 54.7 Å². The molecule has 0 radical (unpaired) electrons. The number of aliphatic hydroxyl groups excluding tert-OH is 1. The predicted octanol–water partition coefficient (Wildman–Crippen LogP) is 2.42. The number of rotatable bonds is 7. The van der Waals surface area contributed by atoms with Crippen LogP contribution >= 0.6 is 0 Å². The molecule has 0 aliphatic carbocycles. The van der Waals surface area contributed by atoms with Crippen molar-refractivity contribution in [1.29, 1.82) is 0 Å². The van der Waals surface area contributed by atoms with Gasteiger partial charge in [-0.25, -0.2) is 4.98 Å². The van der Waals surface area contributed by atoms with Crippen molar-refractivity contribution in [2.75, 3.05) is 20.6 Å². The molecule has 6 heteroatoms. The number of benzene rings is 1. The summed E-state index contributed by atoms with van der Waals surface area (Å²) in [6.07, 6.45) is 1.48. The normalized spacial score (nSPS) is 12.5. The minimum Gasteiger partial charge on any atom is -0.392 e. The minimum absolute atomic E-state index is 0.108. The number of carbonyl (C=O) groups is 1. The number of hydrogen-bond acceptors (Lipinski definition) is 4. The Kier molecular flexibility index (Phi) is 5.88. The topological polar surface area (TPSA) is 61.1 Å². The molecule has 0 fully saturated rings. The molecule has 2 aromatic heterocycles. The number of pyridine rings is 1. The van der Waals surface area contributed by atoms with E-state index in [0.29, 0.717) is 25.3 Å². The number of aromatic nitrogens is 2. The lowest BCUT2D eigenvalue weighted by atomic mass is 10.2. The van der Waals surface area contributed by atoms with E-state index in [2.05, 4.69) is 4.98 Å². The molecule has 1 aromatic carbocycles. The Hall–Kier alpha value is -2.70. The number of fused-ring (bicyclic) bond motifs is 1. The second kappa shape index (κ2) is 8.33. The van der Waals surface area contributed by atoms with Crippen LogP contribution < -0.4 is 0 Å². The first kappa shape index (κ1) is 19.1. The molecule has 1 N–H and O–H groups in total. The van der Waals surface area contributed by atoms with Crippen LogP contribution in [-0.2, 0) is 13.1 Å². The zero-order chi connectivity index (χ0) is 19.4. The van der Waals surface area contributed by atoms with Crippen LogP contribution in [0, 0.1) is 0 Å². The monoisotopic (exact) mass is 366 g/mol. The highest BCUT2D eigenvalue weighted by molar-refractivity contribution is 5.94. The molecule has 27 heavy (non-hydrogen) atoms. The van der Waals surface area contributed by atoms with Gasteiger partial charge in [0.25, 0.3) is 5.91 Å². The molecule has 0 saturated carbocycles. The standard InChI is InChI=1S/C21H26N4O2/c1-16(26)13-23(2)15-18-20(22-19-11-7-8-12-25(18)19)21(27)24(3)14-17-9-5-4-6-10-17/h4-12,16,26H,13-15H2,1-3H3/t16-/m1/s1. The van der Waals surface area contributed by atoms with Gasteiger partial charge in [-0.1, -0.05) is 36.4 Å². The van der Waals surface area contributed by atoms with Gasteiger partial charge < -0.3 is 14.4 Å². The molecule has 0 unspecified atom stereocenters.